The van der Waals surface area contributed by atoms with E-state index in [1.165, 1.54) is 38.2 Å². The molecule has 10 bridgehead atoms. The van der Waals surface area contributed by atoms with Crippen molar-refractivity contribution in [2.75, 3.05) is 0 Å². The number of rotatable bonds is 1. The molecule has 1 aliphatic heterocycles. The Hall–Kier alpha value is -5.54. The molecular weight excluding hydrogens is 540 g/mol. The Morgan fingerprint density at radius 2 is 1.12 bits per heavy atom. The zero-order chi connectivity index (χ0) is 28.7. The highest BCUT2D eigenvalue weighted by atomic mass is 16.4. The molecule has 5 aromatic rings. The molecule has 16 heteroatoms. The number of carbonyl (C=O) groups is 3. The van der Waals surface area contributed by atoms with Gasteiger partial charge < -0.3 is 38.0 Å². The molecule has 210 valence electrons. The largest absolute Gasteiger partial charge is 0.443 e. The van der Waals surface area contributed by atoms with Crippen LogP contribution < -0.4 is 16.0 Å². The number of hydrogen-bond donors (Lipinski definition) is 3. The molecule has 41 heavy (non-hydrogen) atoms. The maximum absolute atomic E-state index is 12.9. The van der Waals surface area contributed by atoms with Crippen molar-refractivity contribution in [2.45, 2.75) is 39.4 Å². The van der Waals surface area contributed by atoms with E-state index < -0.39 is 29.8 Å². The highest BCUT2D eigenvalue weighted by molar-refractivity contribution is 5.95. The first kappa shape index (κ1) is 25.7. The average Bonchev–Trinajstić information content (AvgIpc) is 3.78. The molecule has 6 rings (SSSR count). The van der Waals surface area contributed by atoms with Crippen LogP contribution in [-0.2, 0) is 16.1 Å². The number of nitrogens with zero attached hydrogens (tertiary/aromatic N) is 5. The van der Waals surface area contributed by atoms with Crippen LogP contribution in [0.5, 0.6) is 0 Å². The summed E-state index contributed by atoms with van der Waals surface area (Å²) in [5.74, 6) is -1.93. The van der Waals surface area contributed by atoms with Crippen LogP contribution in [0.2, 0.25) is 0 Å². The van der Waals surface area contributed by atoms with Crippen LogP contribution >= 0.6 is 0 Å². The fraction of sp³-hybridized carbons (Fsp3) is 0.280. The first-order valence-electron chi connectivity index (χ1n) is 12.4. The molecule has 0 saturated heterocycles. The van der Waals surface area contributed by atoms with Gasteiger partial charge in [0.15, 0.2) is 22.8 Å². The van der Waals surface area contributed by atoms with Gasteiger partial charge >= 0.3 is 5.91 Å². The Kier molecular flexibility index (Phi) is 6.41. The lowest BCUT2D eigenvalue weighted by molar-refractivity contribution is -0.130. The van der Waals surface area contributed by atoms with Crippen molar-refractivity contribution in [1.29, 1.82) is 0 Å². The molecular formula is C25H22N8O8. The highest BCUT2D eigenvalue weighted by Gasteiger charge is 2.28. The van der Waals surface area contributed by atoms with E-state index in [0.29, 0.717) is 11.4 Å². The van der Waals surface area contributed by atoms with E-state index in [2.05, 4.69) is 40.9 Å². The van der Waals surface area contributed by atoms with Crippen LogP contribution in [0.25, 0.3) is 46.3 Å². The van der Waals surface area contributed by atoms with E-state index in [4.69, 9.17) is 22.1 Å². The molecule has 0 aliphatic carbocycles. The third kappa shape index (κ3) is 5.09. The van der Waals surface area contributed by atoms with Crippen molar-refractivity contribution >= 4 is 17.7 Å². The first-order valence-corrected chi connectivity index (χ1v) is 12.4. The maximum atomic E-state index is 12.9. The van der Waals surface area contributed by atoms with E-state index in [0.717, 1.165) is 0 Å². The van der Waals surface area contributed by atoms with Gasteiger partial charge in [0.1, 0.15) is 43.4 Å². The van der Waals surface area contributed by atoms with Crippen molar-refractivity contribution in [3.8, 4) is 46.3 Å². The average molecular weight is 562 g/mol. The van der Waals surface area contributed by atoms with E-state index in [1.807, 2.05) is 0 Å². The SMILES string of the molecule is CC1NC(=O)c2nc(co2)-c2nc(co2)-c2nc(co2)-c2nc(co2)-c2nc(co2)CNC(=O)C(C(C)C)NC1=O. The van der Waals surface area contributed by atoms with E-state index in [1.54, 1.807) is 13.8 Å². The van der Waals surface area contributed by atoms with Gasteiger partial charge in [0.25, 0.3) is 5.89 Å². The van der Waals surface area contributed by atoms with Crippen LogP contribution in [0.15, 0.2) is 53.4 Å². The number of oxazole rings is 5. The van der Waals surface area contributed by atoms with Crippen LogP contribution in [-0.4, -0.2) is 54.7 Å². The standard InChI is InChI=1S/C25H22N8O8/c1-10(2)17-19(35)26-4-12-5-37-21(28-12)13-6-38-22(29-13)14-7-39-23(30-14)15-8-40-24(31-15)16-9-41-25(32-16)20(36)27-11(3)18(34)33-17/h5-11,17H,4H2,1-3H3,(H,26,35)(H,27,36)(H,33,34). The number of hydrogen-bond acceptors (Lipinski definition) is 13. The molecule has 2 atom stereocenters. The van der Waals surface area contributed by atoms with Gasteiger partial charge in [-0.15, -0.1) is 0 Å². The first-order chi connectivity index (χ1) is 19.7. The predicted molar refractivity (Wildman–Crippen MR) is 134 cm³/mol. The van der Waals surface area contributed by atoms with Crippen LogP contribution in [0.1, 0.15) is 37.2 Å². The normalized spacial score (nSPS) is 18.0. The minimum atomic E-state index is -1.02. The summed E-state index contributed by atoms with van der Waals surface area (Å²) in [6.07, 6.45) is 6.52. The Bertz CT molecular complexity index is 1740. The summed E-state index contributed by atoms with van der Waals surface area (Å²) in [6, 6.07) is -1.91. The van der Waals surface area contributed by atoms with Gasteiger partial charge in [-0.1, -0.05) is 13.8 Å². The second-order valence-corrected chi connectivity index (χ2v) is 9.44. The molecule has 2 unspecified atom stereocenters. The summed E-state index contributed by atoms with van der Waals surface area (Å²) in [5.41, 5.74) is 1.36. The van der Waals surface area contributed by atoms with Gasteiger partial charge in [0, 0.05) is 0 Å². The van der Waals surface area contributed by atoms with Gasteiger partial charge in [-0.3, -0.25) is 14.4 Å². The molecule has 3 N–H and O–H groups in total. The lowest BCUT2D eigenvalue weighted by Gasteiger charge is -2.23. The molecule has 0 saturated carbocycles. The Morgan fingerprint density at radius 3 is 1.66 bits per heavy atom. The van der Waals surface area contributed by atoms with Gasteiger partial charge in [-0.05, 0) is 12.8 Å². The molecule has 0 spiro atoms. The smallest absolute Gasteiger partial charge is 0.307 e. The van der Waals surface area contributed by atoms with Crippen LogP contribution in [0.4, 0.5) is 0 Å². The zero-order valence-electron chi connectivity index (χ0n) is 21.8. The Labute approximate surface area is 230 Å². The van der Waals surface area contributed by atoms with Gasteiger partial charge in [-0.2, -0.15) is 4.98 Å². The Morgan fingerprint density at radius 1 is 0.659 bits per heavy atom. The highest BCUT2D eigenvalue weighted by Crippen LogP contribution is 2.28. The number of carbonyl (C=O) groups excluding carboxylic acids is 3. The summed E-state index contributed by atoms with van der Waals surface area (Å²) in [5, 5.41) is 7.90. The van der Waals surface area contributed by atoms with Crippen molar-refractivity contribution in [1.82, 2.24) is 40.9 Å². The summed E-state index contributed by atoms with van der Waals surface area (Å²) in [7, 11) is 0. The zero-order valence-corrected chi connectivity index (χ0v) is 21.8. The molecule has 0 aromatic carbocycles. The van der Waals surface area contributed by atoms with Crippen molar-refractivity contribution in [2.24, 2.45) is 5.92 Å². The van der Waals surface area contributed by atoms with Crippen LogP contribution in [0, 0.1) is 5.92 Å². The molecule has 3 amide bonds. The lowest BCUT2D eigenvalue weighted by atomic mass is 10.0. The van der Waals surface area contributed by atoms with Crippen LogP contribution in [0.3, 0.4) is 0 Å². The van der Waals surface area contributed by atoms with Gasteiger partial charge in [0.2, 0.25) is 35.4 Å². The molecule has 0 radical (unpaired) electrons. The molecule has 1 aliphatic rings. The minimum absolute atomic E-state index is 0.0251. The second-order valence-electron chi connectivity index (χ2n) is 9.44. The van der Waals surface area contributed by atoms with Crippen molar-refractivity contribution in [3.63, 3.8) is 0 Å². The number of aromatic nitrogens is 5. The minimum Gasteiger partial charge on any atom is -0.443 e. The van der Waals surface area contributed by atoms with Gasteiger partial charge in [0.05, 0.1) is 12.2 Å². The summed E-state index contributed by atoms with van der Waals surface area (Å²) < 4.78 is 27.3. The lowest BCUT2D eigenvalue weighted by Crippen LogP contribution is -2.54. The second kappa shape index (κ2) is 10.2. The summed E-state index contributed by atoms with van der Waals surface area (Å²) in [4.78, 5) is 59.9. The predicted octanol–water partition coefficient (Wildman–Crippen LogP) is 2.18. The fourth-order valence-electron chi connectivity index (χ4n) is 3.88. The number of fused-ring (bicyclic) bond motifs is 14. The monoisotopic (exact) mass is 562 g/mol. The molecule has 5 aromatic heterocycles. The summed E-state index contributed by atoms with van der Waals surface area (Å²) >= 11 is 0. The third-order valence-corrected chi connectivity index (χ3v) is 6.07. The van der Waals surface area contributed by atoms with E-state index in [9.17, 15) is 14.4 Å². The topological polar surface area (TPSA) is 217 Å². The number of amides is 3. The van der Waals surface area contributed by atoms with E-state index in [-0.39, 0.29) is 59.0 Å². The Balaban J connectivity index is 1.33. The number of nitrogens with one attached hydrogen (secondary N) is 3. The maximum Gasteiger partial charge on any atom is 0.307 e. The summed E-state index contributed by atoms with van der Waals surface area (Å²) in [6.45, 7) is 5.04. The molecule has 6 heterocycles. The van der Waals surface area contributed by atoms with E-state index >= 15 is 0 Å². The fourth-order valence-corrected chi connectivity index (χ4v) is 3.88. The van der Waals surface area contributed by atoms with Gasteiger partial charge in [-0.25, -0.2) is 19.9 Å². The quantitative estimate of drug-likeness (QED) is 0.267. The molecule has 0 fully saturated rings. The third-order valence-electron chi connectivity index (χ3n) is 6.07. The van der Waals surface area contributed by atoms with Crippen molar-refractivity contribution in [3.05, 3.63) is 42.9 Å². The van der Waals surface area contributed by atoms with Crippen molar-refractivity contribution < 1.29 is 36.5 Å². The molecule has 16 nitrogen and oxygen atoms in total.